The van der Waals surface area contributed by atoms with Crippen molar-refractivity contribution in [2.24, 2.45) is 0 Å². The number of halogens is 1. The maximum absolute atomic E-state index is 13.1. The van der Waals surface area contributed by atoms with Gasteiger partial charge in [-0.15, -0.1) is 0 Å². The topological polar surface area (TPSA) is 49.4 Å². The normalized spacial score (nSPS) is 10.3. The number of hydrogen-bond donors (Lipinski definition) is 1. The van der Waals surface area contributed by atoms with Crippen molar-refractivity contribution in [2.45, 2.75) is 20.4 Å². The van der Waals surface area contributed by atoms with Gasteiger partial charge in [0.1, 0.15) is 5.82 Å². The van der Waals surface area contributed by atoms with Gasteiger partial charge in [0.25, 0.3) is 5.91 Å². The molecule has 126 valence electrons. The van der Waals surface area contributed by atoms with E-state index >= 15 is 0 Å². The Morgan fingerprint density at radius 2 is 1.88 bits per heavy atom. The summed E-state index contributed by atoms with van der Waals surface area (Å²) in [5.41, 5.74) is 2.44. The van der Waals surface area contributed by atoms with Crippen LogP contribution in [0.5, 0.6) is 0 Å². The first-order valence-corrected chi connectivity index (χ1v) is 7.80. The van der Waals surface area contributed by atoms with Crippen molar-refractivity contribution in [1.82, 2.24) is 10.2 Å². The molecule has 2 rings (SSSR count). The minimum atomic E-state index is -0.451. The minimum absolute atomic E-state index is 0.0588. The maximum atomic E-state index is 13.1. The molecule has 24 heavy (non-hydrogen) atoms. The Labute approximate surface area is 141 Å². The van der Waals surface area contributed by atoms with Gasteiger partial charge in [-0.2, -0.15) is 0 Å². The fraction of sp³-hybridized carbons (Fsp3) is 0.263. The lowest BCUT2D eigenvalue weighted by atomic mass is 10.1. The molecule has 2 aromatic rings. The summed E-state index contributed by atoms with van der Waals surface area (Å²) in [6.45, 7) is 4.70. The van der Waals surface area contributed by atoms with E-state index in [0.717, 1.165) is 11.1 Å². The van der Waals surface area contributed by atoms with E-state index in [4.69, 9.17) is 0 Å². The zero-order chi connectivity index (χ0) is 17.5. The first-order valence-electron chi connectivity index (χ1n) is 7.80. The predicted octanol–water partition coefficient (Wildman–Crippen LogP) is 2.91. The highest BCUT2D eigenvalue weighted by Gasteiger charge is 2.11. The van der Waals surface area contributed by atoms with Gasteiger partial charge >= 0.3 is 0 Å². The van der Waals surface area contributed by atoms with Crippen LogP contribution in [-0.2, 0) is 11.3 Å². The molecular formula is C19H21FN2O2. The second kappa shape index (κ2) is 8.24. The monoisotopic (exact) mass is 328 g/mol. The van der Waals surface area contributed by atoms with E-state index in [0.29, 0.717) is 19.6 Å². The quantitative estimate of drug-likeness (QED) is 0.886. The minimum Gasteiger partial charge on any atom is -0.350 e. The zero-order valence-corrected chi connectivity index (χ0v) is 13.9. The zero-order valence-electron chi connectivity index (χ0n) is 13.9. The van der Waals surface area contributed by atoms with Crippen molar-refractivity contribution in [3.05, 3.63) is 71.0 Å². The van der Waals surface area contributed by atoms with E-state index in [-0.39, 0.29) is 17.4 Å². The van der Waals surface area contributed by atoms with Crippen LogP contribution in [0.1, 0.15) is 28.4 Å². The molecular weight excluding hydrogens is 307 g/mol. The smallest absolute Gasteiger partial charge is 0.251 e. The van der Waals surface area contributed by atoms with Gasteiger partial charge in [0.05, 0.1) is 0 Å². The first-order chi connectivity index (χ1) is 11.5. The Morgan fingerprint density at radius 1 is 1.12 bits per heavy atom. The number of aryl methyl sites for hydroxylation is 1. The van der Waals surface area contributed by atoms with Gasteiger partial charge in [-0.1, -0.05) is 35.9 Å². The summed E-state index contributed by atoms with van der Waals surface area (Å²) in [6, 6.07) is 13.5. The Kier molecular flexibility index (Phi) is 6.07. The average Bonchev–Trinajstić information content (AvgIpc) is 2.53. The van der Waals surface area contributed by atoms with Gasteiger partial charge in [0.15, 0.2) is 0 Å². The highest BCUT2D eigenvalue weighted by atomic mass is 19.1. The van der Waals surface area contributed by atoms with Crippen LogP contribution in [0.3, 0.4) is 0 Å². The molecule has 0 fully saturated rings. The molecule has 0 spiro atoms. The lowest BCUT2D eigenvalue weighted by Crippen LogP contribution is -2.37. The van der Waals surface area contributed by atoms with E-state index < -0.39 is 5.82 Å². The lowest BCUT2D eigenvalue weighted by Gasteiger charge is -2.21. The highest BCUT2D eigenvalue weighted by Crippen LogP contribution is 2.08. The van der Waals surface area contributed by atoms with Crippen LogP contribution >= 0.6 is 0 Å². The molecule has 2 amide bonds. The van der Waals surface area contributed by atoms with Crippen LogP contribution in [0.25, 0.3) is 0 Å². The average molecular weight is 328 g/mol. The molecule has 0 aliphatic heterocycles. The van der Waals surface area contributed by atoms with Gasteiger partial charge in [0, 0.05) is 32.1 Å². The molecule has 0 aliphatic carbocycles. The summed E-state index contributed by atoms with van der Waals surface area (Å²) >= 11 is 0. The van der Waals surface area contributed by atoms with Gasteiger partial charge in [0.2, 0.25) is 5.91 Å². The van der Waals surface area contributed by atoms with Crippen LogP contribution in [0, 0.1) is 12.7 Å². The van der Waals surface area contributed by atoms with E-state index in [1.807, 2.05) is 31.2 Å². The molecule has 0 radical (unpaired) electrons. The molecule has 2 aromatic carbocycles. The van der Waals surface area contributed by atoms with Crippen molar-refractivity contribution in [3.63, 3.8) is 0 Å². The molecule has 0 aromatic heterocycles. The number of carbonyl (C=O) groups excluding carboxylic acids is 2. The van der Waals surface area contributed by atoms with Crippen LogP contribution < -0.4 is 5.32 Å². The SMILES string of the molecule is CC(=O)N(CCNC(=O)c1cccc(F)c1)Cc1cccc(C)c1. The van der Waals surface area contributed by atoms with E-state index in [1.54, 1.807) is 11.0 Å². The molecule has 1 N–H and O–H groups in total. The first kappa shape index (κ1) is 17.7. The third-order valence-electron chi connectivity index (χ3n) is 3.66. The number of hydrogen-bond acceptors (Lipinski definition) is 2. The Hall–Kier alpha value is -2.69. The number of amides is 2. The van der Waals surface area contributed by atoms with Crippen molar-refractivity contribution < 1.29 is 14.0 Å². The van der Waals surface area contributed by atoms with E-state index in [1.165, 1.54) is 25.1 Å². The summed E-state index contributed by atoms with van der Waals surface area (Å²) in [5, 5.41) is 2.71. The van der Waals surface area contributed by atoms with Crippen molar-refractivity contribution >= 4 is 11.8 Å². The fourth-order valence-electron chi connectivity index (χ4n) is 2.41. The van der Waals surface area contributed by atoms with Crippen molar-refractivity contribution in [3.8, 4) is 0 Å². The number of nitrogens with zero attached hydrogens (tertiary/aromatic N) is 1. The molecule has 0 saturated carbocycles. The van der Waals surface area contributed by atoms with Crippen LogP contribution in [0.2, 0.25) is 0 Å². The summed E-state index contributed by atoms with van der Waals surface area (Å²) in [7, 11) is 0. The lowest BCUT2D eigenvalue weighted by molar-refractivity contribution is -0.129. The highest BCUT2D eigenvalue weighted by molar-refractivity contribution is 5.94. The number of rotatable bonds is 6. The van der Waals surface area contributed by atoms with Gasteiger partial charge in [-0.05, 0) is 30.7 Å². The number of carbonyl (C=O) groups is 2. The molecule has 0 aliphatic rings. The summed E-state index contributed by atoms with van der Waals surface area (Å²) < 4.78 is 13.1. The third kappa shape index (κ3) is 5.19. The molecule has 0 heterocycles. The predicted molar refractivity (Wildman–Crippen MR) is 91.0 cm³/mol. The second-order valence-corrected chi connectivity index (χ2v) is 5.70. The summed E-state index contributed by atoms with van der Waals surface area (Å²) in [6.07, 6.45) is 0. The second-order valence-electron chi connectivity index (χ2n) is 5.70. The van der Waals surface area contributed by atoms with Crippen LogP contribution in [-0.4, -0.2) is 29.8 Å². The standard InChI is InChI=1S/C19H21FN2O2/c1-14-5-3-6-16(11-14)13-22(15(2)23)10-9-21-19(24)17-7-4-8-18(20)12-17/h3-8,11-12H,9-10,13H2,1-2H3,(H,21,24). The van der Waals surface area contributed by atoms with Crippen LogP contribution in [0.15, 0.2) is 48.5 Å². The van der Waals surface area contributed by atoms with Gasteiger partial charge in [-0.3, -0.25) is 9.59 Å². The van der Waals surface area contributed by atoms with E-state index in [2.05, 4.69) is 5.32 Å². The van der Waals surface area contributed by atoms with Crippen molar-refractivity contribution in [1.29, 1.82) is 0 Å². The Morgan fingerprint density at radius 3 is 2.54 bits per heavy atom. The Bertz CT molecular complexity index is 731. The fourth-order valence-corrected chi connectivity index (χ4v) is 2.41. The van der Waals surface area contributed by atoms with E-state index in [9.17, 15) is 14.0 Å². The number of benzene rings is 2. The summed E-state index contributed by atoms with van der Waals surface area (Å²) in [5.74, 6) is -0.863. The Balaban J connectivity index is 1.90. The molecule has 0 atom stereocenters. The maximum Gasteiger partial charge on any atom is 0.251 e. The molecule has 5 heteroatoms. The molecule has 0 unspecified atom stereocenters. The molecule has 0 bridgehead atoms. The van der Waals surface area contributed by atoms with Gasteiger partial charge in [-0.25, -0.2) is 4.39 Å². The van der Waals surface area contributed by atoms with Gasteiger partial charge < -0.3 is 10.2 Å². The van der Waals surface area contributed by atoms with Crippen LogP contribution in [0.4, 0.5) is 4.39 Å². The largest absolute Gasteiger partial charge is 0.350 e. The third-order valence-corrected chi connectivity index (χ3v) is 3.66. The molecule has 0 saturated heterocycles. The number of nitrogens with one attached hydrogen (secondary N) is 1. The summed E-state index contributed by atoms with van der Waals surface area (Å²) in [4.78, 5) is 25.4. The molecule has 4 nitrogen and oxygen atoms in total. The van der Waals surface area contributed by atoms with Crippen molar-refractivity contribution in [2.75, 3.05) is 13.1 Å².